The van der Waals surface area contributed by atoms with Crippen LogP contribution in [0.1, 0.15) is 37.5 Å². The molecule has 0 aliphatic heterocycles. The molecule has 122 valence electrons. The molecule has 2 rings (SSSR count). The van der Waals surface area contributed by atoms with Crippen LogP contribution in [-0.2, 0) is 23.2 Å². The van der Waals surface area contributed by atoms with Gasteiger partial charge in [0.1, 0.15) is 0 Å². The van der Waals surface area contributed by atoms with E-state index in [9.17, 15) is 4.79 Å². The lowest BCUT2D eigenvalue weighted by atomic mass is 9.88. The molecule has 0 radical (unpaired) electrons. The van der Waals surface area contributed by atoms with Crippen LogP contribution in [0.2, 0.25) is 0 Å². The summed E-state index contributed by atoms with van der Waals surface area (Å²) in [5.41, 5.74) is 9.22. The number of nitrogens with zero attached hydrogens (tertiary/aromatic N) is 1. The molecule has 1 unspecified atom stereocenters. The normalized spacial score (nSPS) is 12.7. The minimum absolute atomic E-state index is 0.0384. The van der Waals surface area contributed by atoms with Crippen molar-refractivity contribution in [2.75, 3.05) is 0 Å². The van der Waals surface area contributed by atoms with Gasteiger partial charge in [0.2, 0.25) is 5.91 Å². The van der Waals surface area contributed by atoms with Crippen LogP contribution in [0.15, 0.2) is 48.8 Å². The van der Waals surface area contributed by atoms with Gasteiger partial charge in [0, 0.05) is 18.9 Å². The van der Waals surface area contributed by atoms with Gasteiger partial charge in [0.05, 0.1) is 6.04 Å². The average molecular weight is 311 g/mol. The highest BCUT2D eigenvalue weighted by atomic mass is 16.2. The zero-order chi connectivity index (χ0) is 16.9. The zero-order valence-electron chi connectivity index (χ0n) is 14.0. The van der Waals surface area contributed by atoms with E-state index in [1.807, 2.05) is 36.5 Å². The molecule has 3 N–H and O–H groups in total. The Morgan fingerprint density at radius 2 is 1.87 bits per heavy atom. The Morgan fingerprint density at radius 1 is 1.17 bits per heavy atom. The van der Waals surface area contributed by atoms with E-state index in [-0.39, 0.29) is 11.3 Å². The molecule has 0 fully saturated rings. The standard InChI is InChI=1S/C19H25N3O/c1-19(2,3)16-9-15(11-21-13-16)12-22-18(23)17(20)10-14-7-5-4-6-8-14/h4-9,11,13,17H,10,12,20H2,1-3H3,(H,22,23). The largest absolute Gasteiger partial charge is 0.351 e. The second-order valence-corrected chi connectivity index (χ2v) is 6.85. The molecule has 1 aromatic heterocycles. The fraction of sp³-hybridized carbons (Fsp3) is 0.368. The third-order valence-corrected chi connectivity index (χ3v) is 3.76. The number of nitrogens with two attached hydrogens (primary N) is 1. The number of hydrogen-bond donors (Lipinski definition) is 2. The minimum Gasteiger partial charge on any atom is -0.351 e. The van der Waals surface area contributed by atoms with E-state index in [1.165, 1.54) is 0 Å². The molecular weight excluding hydrogens is 286 g/mol. The van der Waals surface area contributed by atoms with Crippen molar-refractivity contribution in [3.63, 3.8) is 0 Å². The number of carbonyl (C=O) groups excluding carboxylic acids is 1. The molecule has 2 aromatic rings. The Kier molecular flexibility index (Phi) is 5.50. The van der Waals surface area contributed by atoms with Crippen molar-refractivity contribution < 1.29 is 4.79 Å². The molecule has 0 spiro atoms. The van der Waals surface area contributed by atoms with E-state index in [4.69, 9.17) is 5.73 Å². The molecule has 4 heteroatoms. The Balaban J connectivity index is 1.91. The first-order chi connectivity index (χ1) is 10.9. The average Bonchev–Trinajstić information content (AvgIpc) is 2.53. The number of hydrogen-bond acceptors (Lipinski definition) is 3. The Labute approximate surface area is 138 Å². The summed E-state index contributed by atoms with van der Waals surface area (Å²) in [5.74, 6) is -0.144. The number of nitrogens with one attached hydrogen (secondary N) is 1. The predicted octanol–water partition coefficient (Wildman–Crippen LogP) is 2.57. The van der Waals surface area contributed by atoms with Crippen molar-refractivity contribution in [3.05, 3.63) is 65.5 Å². The zero-order valence-corrected chi connectivity index (χ0v) is 14.0. The third-order valence-electron chi connectivity index (χ3n) is 3.76. The molecule has 1 amide bonds. The van der Waals surface area contributed by atoms with Crippen LogP contribution in [0, 0.1) is 0 Å². The quantitative estimate of drug-likeness (QED) is 0.892. The number of carbonyl (C=O) groups is 1. The monoisotopic (exact) mass is 311 g/mol. The molecule has 23 heavy (non-hydrogen) atoms. The van der Waals surface area contributed by atoms with Gasteiger partial charge in [-0.3, -0.25) is 9.78 Å². The predicted molar refractivity (Wildman–Crippen MR) is 92.9 cm³/mol. The van der Waals surface area contributed by atoms with Crippen LogP contribution < -0.4 is 11.1 Å². The first-order valence-corrected chi connectivity index (χ1v) is 7.88. The van der Waals surface area contributed by atoms with Crippen LogP contribution in [0.5, 0.6) is 0 Å². The highest BCUT2D eigenvalue weighted by molar-refractivity contribution is 5.81. The van der Waals surface area contributed by atoms with Crippen molar-refractivity contribution in [2.45, 2.75) is 45.2 Å². The Bertz CT molecular complexity index is 647. The van der Waals surface area contributed by atoms with Crippen LogP contribution in [0.4, 0.5) is 0 Å². The molecule has 0 aliphatic carbocycles. The number of amides is 1. The minimum atomic E-state index is -0.545. The lowest BCUT2D eigenvalue weighted by Gasteiger charge is -2.19. The summed E-state index contributed by atoms with van der Waals surface area (Å²) < 4.78 is 0. The van der Waals surface area contributed by atoms with E-state index < -0.39 is 6.04 Å². The van der Waals surface area contributed by atoms with Gasteiger partial charge in [-0.2, -0.15) is 0 Å². The van der Waals surface area contributed by atoms with Crippen molar-refractivity contribution in [1.82, 2.24) is 10.3 Å². The SMILES string of the molecule is CC(C)(C)c1cncc(CNC(=O)C(N)Cc2ccccc2)c1. The molecule has 0 aliphatic rings. The summed E-state index contributed by atoms with van der Waals surface area (Å²) in [6.45, 7) is 6.87. The number of pyridine rings is 1. The summed E-state index contributed by atoms with van der Waals surface area (Å²) >= 11 is 0. The highest BCUT2D eigenvalue weighted by Gasteiger charge is 2.16. The molecule has 1 aromatic carbocycles. The maximum absolute atomic E-state index is 12.1. The number of rotatable bonds is 5. The van der Waals surface area contributed by atoms with E-state index in [0.717, 1.165) is 16.7 Å². The Morgan fingerprint density at radius 3 is 2.52 bits per heavy atom. The van der Waals surface area contributed by atoms with E-state index in [1.54, 1.807) is 6.20 Å². The first-order valence-electron chi connectivity index (χ1n) is 7.88. The first kappa shape index (κ1) is 17.2. The number of benzene rings is 1. The molecule has 1 atom stereocenters. The summed E-state index contributed by atoms with van der Waals surface area (Å²) in [4.78, 5) is 16.4. The van der Waals surface area contributed by atoms with Gasteiger partial charge in [0.25, 0.3) is 0 Å². The second-order valence-electron chi connectivity index (χ2n) is 6.85. The van der Waals surface area contributed by atoms with Gasteiger partial charge in [-0.15, -0.1) is 0 Å². The van der Waals surface area contributed by atoms with Gasteiger partial charge in [0.15, 0.2) is 0 Å². The van der Waals surface area contributed by atoms with Crippen LogP contribution >= 0.6 is 0 Å². The molecule has 0 saturated carbocycles. The van der Waals surface area contributed by atoms with Crippen LogP contribution in [0.3, 0.4) is 0 Å². The molecule has 4 nitrogen and oxygen atoms in total. The van der Waals surface area contributed by atoms with Gasteiger partial charge in [-0.05, 0) is 28.5 Å². The molecule has 1 heterocycles. The maximum atomic E-state index is 12.1. The van der Waals surface area contributed by atoms with Gasteiger partial charge in [-0.25, -0.2) is 0 Å². The van der Waals surface area contributed by atoms with E-state index in [2.05, 4.69) is 37.1 Å². The summed E-state index contributed by atoms with van der Waals surface area (Å²) in [6, 6.07) is 11.3. The topological polar surface area (TPSA) is 68.0 Å². The number of aromatic nitrogens is 1. The lowest BCUT2D eigenvalue weighted by Crippen LogP contribution is -2.41. The van der Waals surface area contributed by atoms with Crippen molar-refractivity contribution in [3.8, 4) is 0 Å². The van der Waals surface area contributed by atoms with Crippen molar-refractivity contribution >= 4 is 5.91 Å². The smallest absolute Gasteiger partial charge is 0.237 e. The second kappa shape index (κ2) is 7.38. The van der Waals surface area contributed by atoms with Crippen molar-refractivity contribution in [2.24, 2.45) is 5.73 Å². The summed E-state index contributed by atoms with van der Waals surface area (Å²) in [7, 11) is 0. The van der Waals surface area contributed by atoms with Crippen LogP contribution in [0.25, 0.3) is 0 Å². The van der Waals surface area contributed by atoms with Gasteiger partial charge >= 0.3 is 0 Å². The lowest BCUT2D eigenvalue weighted by molar-refractivity contribution is -0.122. The van der Waals surface area contributed by atoms with E-state index in [0.29, 0.717) is 13.0 Å². The summed E-state index contributed by atoms with van der Waals surface area (Å²) in [5, 5.41) is 2.89. The summed E-state index contributed by atoms with van der Waals surface area (Å²) in [6.07, 6.45) is 4.18. The molecule has 0 bridgehead atoms. The molecular formula is C19H25N3O. The van der Waals surface area contributed by atoms with Crippen LogP contribution in [-0.4, -0.2) is 16.9 Å². The maximum Gasteiger partial charge on any atom is 0.237 e. The van der Waals surface area contributed by atoms with Gasteiger partial charge < -0.3 is 11.1 Å². The van der Waals surface area contributed by atoms with Gasteiger partial charge in [-0.1, -0.05) is 57.2 Å². The fourth-order valence-corrected chi connectivity index (χ4v) is 2.28. The fourth-order valence-electron chi connectivity index (χ4n) is 2.28. The Hall–Kier alpha value is -2.20. The third kappa shape index (κ3) is 5.18. The molecule has 0 saturated heterocycles. The van der Waals surface area contributed by atoms with E-state index >= 15 is 0 Å². The van der Waals surface area contributed by atoms with Crippen molar-refractivity contribution in [1.29, 1.82) is 0 Å². The highest BCUT2D eigenvalue weighted by Crippen LogP contribution is 2.21.